The number of anilines is 1. The van der Waals surface area contributed by atoms with E-state index in [2.05, 4.69) is 20.2 Å². The number of hydrogen-bond donors (Lipinski definition) is 1. The largest absolute Gasteiger partial charge is 0.493 e. The van der Waals surface area contributed by atoms with Crippen LogP contribution in [-0.4, -0.2) is 49.7 Å². The molecule has 1 saturated heterocycles. The third kappa shape index (κ3) is 4.87. The highest BCUT2D eigenvalue weighted by Crippen LogP contribution is 2.27. The van der Waals surface area contributed by atoms with Crippen LogP contribution in [0.2, 0.25) is 0 Å². The number of methoxy groups -OCH3 is 2. The van der Waals surface area contributed by atoms with E-state index >= 15 is 0 Å². The number of hydrogen-bond acceptors (Lipinski definition) is 6. The number of nitrogens with one attached hydrogen (secondary N) is 1. The van der Waals surface area contributed by atoms with Crippen LogP contribution in [0.25, 0.3) is 0 Å². The second kappa shape index (κ2) is 9.21. The van der Waals surface area contributed by atoms with E-state index in [9.17, 15) is 4.79 Å². The summed E-state index contributed by atoms with van der Waals surface area (Å²) in [5.74, 6) is 2.16. The van der Waals surface area contributed by atoms with Crippen LogP contribution < -0.4 is 19.7 Å². The lowest BCUT2D eigenvalue weighted by atomic mass is 9.97. The maximum atomic E-state index is 12.6. The van der Waals surface area contributed by atoms with Crippen molar-refractivity contribution in [2.75, 3.05) is 38.8 Å². The Morgan fingerprint density at radius 2 is 2.00 bits per heavy atom. The Hall–Kier alpha value is -2.83. The van der Waals surface area contributed by atoms with Crippen molar-refractivity contribution in [1.82, 2.24) is 15.3 Å². The number of rotatable bonds is 7. The number of ether oxygens (including phenoxy) is 2. The first-order chi connectivity index (χ1) is 13.2. The van der Waals surface area contributed by atoms with E-state index in [1.165, 1.54) is 0 Å². The van der Waals surface area contributed by atoms with Gasteiger partial charge < -0.3 is 19.7 Å². The number of aromatic nitrogens is 2. The Labute approximate surface area is 159 Å². The molecule has 1 amide bonds. The van der Waals surface area contributed by atoms with Crippen molar-refractivity contribution < 1.29 is 14.3 Å². The molecule has 1 aromatic carbocycles. The van der Waals surface area contributed by atoms with Gasteiger partial charge in [0, 0.05) is 32.0 Å². The third-order valence-corrected chi connectivity index (χ3v) is 4.79. The number of amides is 1. The lowest BCUT2D eigenvalue weighted by molar-refractivity contribution is -0.125. The molecule has 2 aromatic rings. The van der Waals surface area contributed by atoms with E-state index in [0.717, 1.165) is 31.4 Å². The van der Waals surface area contributed by atoms with Gasteiger partial charge in [0.15, 0.2) is 11.5 Å². The van der Waals surface area contributed by atoms with E-state index in [4.69, 9.17) is 9.47 Å². The van der Waals surface area contributed by atoms with Crippen molar-refractivity contribution in [2.45, 2.75) is 19.3 Å². The molecule has 0 spiro atoms. The zero-order valence-electron chi connectivity index (χ0n) is 15.9. The summed E-state index contributed by atoms with van der Waals surface area (Å²) >= 11 is 0. The molecule has 7 heteroatoms. The normalized spacial score (nSPS) is 16.7. The summed E-state index contributed by atoms with van der Waals surface area (Å²) in [5.41, 5.74) is 1.09. The van der Waals surface area contributed by atoms with Crippen molar-refractivity contribution in [3.8, 4) is 11.5 Å². The predicted molar refractivity (Wildman–Crippen MR) is 103 cm³/mol. The first-order valence-electron chi connectivity index (χ1n) is 9.22. The van der Waals surface area contributed by atoms with Gasteiger partial charge >= 0.3 is 0 Å². The summed E-state index contributed by atoms with van der Waals surface area (Å²) in [7, 11) is 3.24. The van der Waals surface area contributed by atoms with Gasteiger partial charge in [-0.15, -0.1) is 0 Å². The number of carbonyl (C=O) groups is 1. The molecule has 1 fully saturated rings. The van der Waals surface area contributed by atoms with E-state index in [-0.39, 0.29) is 11.8 Å². The van der Waals surface area contributed by atoms with Gasteiger partial charge in [-0.05, 0) is 43.0 Å². The van der Waals surface area contributed by atoms with Crippen LogP contribution in [0.3, 0.4) is 0 Å². The molecule has 144 valence electrons. The van der Waals surface area contributed by atoms with Crippen molar-refractivity contribution in [1.29, 1.82) is 0 Å². The maximum Gasteiger partial charge on any atom is 0.225 e. The average Bonchev–Trinajstić information content (AvgIpc) is 2.74. The first kappa shape index (κ1) is 18.9. The summed E-state index contributed by atoms with van der Waals surface area (Å²) in [6.07, 6.45) is 6.06. The monoisotopic (exact) mass is 370 g/mol. The standard InChI is InChI=1S/C20H26N4O3/c1-26-17-7-6-15(13-18(17)27-2)8-11-21-19(25)16-5-3-12-24(14-16)20-22-9-4-10-23-20/h4,6-7,9-10,13,16H,3,5,8,11-12,14H2,1-2H3,(H,21,25)/t16-/m0/s1. The van der Waals surface area contributed by atoms with Crippen LogP contribution in [0, 0.1) is 5.92 Å². The Kier molecular flexibility index (Phi) is 6.46. The van der Waals surface area contributed by atoms with E-state index < -0.39 is 0 Å². The highest BCUT2D eigenvalue weighted by molar-refractivity contribution is 5.79. The predicted octanol–water partition coefficient (Wildman–Crippen LogP) is 2.07. The Morgan fingerprint density at radius 3 is 2.74 bits per heavy atom. The molecule has 0 unspecified atom stereocenters. The second-order valence-corrected chi connectivity index (χ2v) is 6.56. The van der Waals surface area contributed by atoms with Gasteiger partial charge in [0.2, 0.25) is 11.9 Å². The van der Waals surface area contributed by atoms with Crippen molar-refractivity contribution in [3.63, 3.8) is 0 Å². The Balaban J connectivity index is 1.50. The van der Waals surface area contributed by atoms with Crippen LogP contribution in [0.15, 0.2) is 36.7 Å². The van der Waals surface area contributed by atoms with Gasteiger partial charge in [-0.25, -0.2) is 9.97 Å². The van der Waals surface area contributed by atoms with Crippen LogP contribution in [0.4, 0.5) is 5.95 Å². The Bertz CT molecular complexity index is 754. The number of piperidine rings is 1. The lowest BCUT2D eigenvalue weighted by Gasteiger charge is -2.31. The molecule has 1 aliphatic rings. The minimum atomic E-state index is -0.0343. The maximum absolute atomic E-state index is 12.6. The average molecular weight is 370 g/mol. The van der Waals surface area contributed by atoms with Crippen LogP contribution in [0.1, 0.15) is 18.4 Å². The smallest absolute Gasteiger partial charge is 0.225 e. The number of nitrogens with zero attached hydrogens (tertiary/aromatic N) is 3. The quantitative estimate of drug-likeness (QED) is 0.804. The van der Waals surface area contributed by atoms with Gasteiger partial charge in [-0.3, -0.25) is 4.79 Å². The van der Waals surface area contributed by atoms with E-state index in [1.54, 1.807) is 32.7 Å². The molecular formula is C20H26N4O3. The molecule has 1 N–H and O–H groups in total. The van der Waals surface area contributed by atoms with Gasteiger partial charge in [-0.2, -0.15) is 0 Å². The summed E-state index contributed by atoms with van der Waals surface area (Å²) in [5, 5.41) is 3.06. The van der Waals surface area contributed by atoms with E-state index in [1.807, 2.05) is 18.2 Å². The molecule has 0 bridgehead atoms. The molecular weight excluding hydrogens is 344 g/mol. The third-order valence-electron chi connectivity index (χ3n) is 4.79. The highest BCUT2D eigenvalue weighted by Gasteiger charge is 2.26. The fourth-order valence-corrected chi connectivity index (χ4v) is 3.34. The minimum Gasteiger partial charge on any atom is -0.493 e. The summed E-state index contributed by atoms with van der Waals surface area (Å²) in [4.78, 5) is 23.2. The molecule has 1 atom stereocenters. The zero-order valence-corrected chi connectivity index (χ0v) is 15.9. The zero-order chi connectivity index (χ0) is 19.1. The van der Waals surface area contributed by atoms with Gasteiger partial charge in [0.25, 0.3) is 0 Å². The van der Waals surface area contributed by atoms with Gasteiger partial charge in [0.1, 0.15) is 0 Å². The first-order valence-corrected chi connectivity index (χ1v) is 9.22. The summed E-state index contributed by atoms with van der Waals surface area (Å²) in [6, 6.07) is 7.61. The highest BCUT2D eigenvalue weighted by atomic mass is 16.5. The fourth-order valence-electron chi connectivity index (χ4n) is 3.34. The van der Waals surface area contributed by atoms with E-state index in [0.29, 0.717) is 30.5 Å². The SMILES string of the molecule is COc1ccc(CCNC(=O)[C@H]2CCCN(c3ncccn3)C2)cc1OC. The second-order valence-electron chi connectivity index (χ2n) is 6.56. The van der Waals surface area contributed by atoms with Gasteiger partial charge in [-0.1, -0.05) is 6.07 Å². The molecule has 1 aliphatic heterocycles. The summed E-state index contributed by atoms with van der Waals surface area (Å²) < 4.78 is 10.6. The Morgan fingerprint density at radius 1 is 1.22 bits per heavy atom. The van der Waals surface area contributed by atoms with Crippen molar-refractivity contribution in [3.05, 3.63) is 42.2 Å². The lowest BCUT2D eigenvalue weighted by Crippen LogP contribution is -2.44. The molecule has 1 aromatic heterocycles. The molecule has 0 aliphatic carbocycles. The topological polar surface area (TPSA) is 76.6 Å². The molecule has 3 rings (SSSR count). The molecule has 2 heterocycles. The summed E-state index contributed by atoms with van der Waals surface area (Å²) in [6.45, 7) is 2.14. The van der Waals surface area contributed by atoms with Crippen molar-refractivity contribution >= 4 is 11.9 Å². The molecule has 0 saturated carbocycles. The van der Waals surface area contributed by atoms with Crippen molar-refractivity contribution in [2.24, 2.45) is 5.92 Å². The minimum absolute atomic E-state index is 0.0343. The van der Waals surface area contributed by atoms with Crippen LogP contribution in [-0.2, 0) is 11.2 Å². The fraction of sp³-hybridized carbons (Fsp3) is 0.450. The number of benzene rings is 1. The molecule has 7 nitrogen and oxygen atoms in total. The molecule has 0 radical (unpaired) electrons. The molecule has 27 heavy (non-hydrogen) atoms. The van der Waals surface area contributed by atoms with Crippen LogP contribution >= 0.6 is 0 Å². The van der Waals surface area contributed by atoms with Crippen LogP contribution in [0.5, 0.6) is 11.5 Å². The number of carbonyl (C=O) groups excluding carboxylic acids is 1. The van der Waals surface area contributed by atoms with Gasteiger partial charge in [0.05, 0.1) is 20.1 Å².